The number of rotatable bonds is 6. The number of fused-ring (bicyclic) bond motifs is 1. The Kier molecular flexibility index (Phi) is 6.01. The molecule has 0 aliphatic carbocycles. The summed E-state index contributed by atoms with van der Waals surface area (Å²) in [5.41, 5.74) is 2.07. The van der Waals surface area contributed by atoms with Gasteiger partial charge >= 0.3 is 5.97 Å². The number of anilines is 1. The Balaban J connectivity index is 1.74. The van der Waals surface area contributed by atoms with Gasteiger partial charge in [0.05, 0.1) is 11.1 Å². The van der Waals surface area contributed by atoms with Crippen LogP contribution >= 0.6 is 0 Å². The molecule has 2 aromatic rings. The number of carbonyl (C=O) groups excluding carboxylic acids is 4. The molecule has 2 aromatic carbocycles. The first-order chi connectivity index (χ1) is 14.2. The fraction of sp³-hybridized carbons (Fsp3) is 0.304. The predicted octanol–water partition coefficient (Wildman–Crippen LogP) is 3.19. The molecule has 1 heterocycles. The third-order valence-electron chi connectivity index (χ3n) is 4.92. The summed E-state index contributed by atoms with van der Waals surface area (Å²) in [7, 11) is 0. The van der Waals surface area contributed by atoms with Crippen molar-refractivity contribution in [2.75, 3.05) is 5.32 Å². The monoisotopic (exact) mass is 408 g/mol. The molecule has 0 saturated heterocycles. The fourth-order valence-electron chi connectivity index (χ4n) is 3.40. The lowest BCUT2D eigenvalue weighted by Gasteiger charge is -2.28. The van der Waals surface area contributed by atoms with Gasteiger partial charge in [-0.15, -0.1) is 0 Å². The van der Waals surface area contributed by atoms with Crippen molar-refractivity contribution in [1.29, 1.82) is 0 Å². The lowest BCUT2D eigenvalue weighted by Crippen LogP contribution is -2.50. The maximum atomic E-state index is 12.9. The number of hydrogen-bond donors (Lipinski definition) is 1. The van der Waals surface area contributed by atoms with Gasteiger partial charge < -0.3 is 10.1 Å². The van der Waals surface area contributed by atoms with Gasteiger partial charge in [0.15, 0.2) is 6.10 Å². The van der Waals surface area contributed by atoms with Gasteiger partial charge in [-0.25, -0.2) is 4.79 Å². The van der Waals surface area contributed by atoms with Crippen LogP contribution in [0.3, 0.4) is 0 Å². The van der Waals surface area contributed by atoms with E-state index in [1.165, 1.54) is 6.92 Å². The van der Waals surface area contributed by atoms with Gasteiger partial charge in [0, 0.05) is 5.69 Å². The number of nitrogens with zero attached hydrogens (tertiary/aromatic N) is 1. The Morgan fingerprint density at radius 1 is 0.933 bits per heavy atom. The van der Waals surface area contributed by atoms with Crippen LogP contribution in [0.25, 0.3) is 0 Å². The van der Waals surface area contributed by atoms with E-state index in [2.05, 4.69) is 5.32 Å². The topological polar surface area (TPSA) is 92.8 Å². The van der Waals surface area contributed by atoms with Crippen molar-refractivity contribution < 1.29 is 23.9 Å². The third-order valence-corrected chi connectivity index (χ3v) is 4.92. The van der Waals surface area contributed by atoms with Gasteiger partial charge in [0.2, 0.25) is 0 Å². The molecule has 1 N–H and O–H groups in total. The van der Waals surface area contributed by atoms with Crippen LogP contribution in [0.2, 0.25) is 0 Å². The zero-order valence-corrected chi connectivity index (χ0v) is 17.3. The van der Waals surface area contributed by atoms with Gasteiger partial charge in [0.1, 0.15) is 6.04 Å². The lowest BCUT2D eigenvalue weighted by molar-refractivity contribution is -0.158. The summed E-state index contributed by atoms with van der Waals surface area (Å²) >= 11 is 0. The van der Waals surface area contributed by atoms with Crippen LogP contribution in [0.1, 0.15) is 47.1 Å². The number of carbonyl (C=O) groups is 4. The fourth-order valence-corrected chi connectivity index (χ4v) is 3.40. The molecule has 156 valence electrons. The van der Waals surface area contributed by atoms with Crippen LogP contribution < -0.4 is 5.32 Å². The van der Waals surface area contributed by atoms with E-state index in [1.807, 2.05) is 13.0 Å². The SMILES string of the molecule is Cc1cccc(NC(=O)[C@H](C)OC(=O)[C@H](C(C)C)N2C(=O)c3ccccc3C2=O)c1. The first-order valence-electron chi connectivity index (χ1n) is 9.75. The van der Waals surface area contributed by atoms with Crippen molar-refractivity contribution in [2.45, 2.75) is 39.8 Å². The van der Waals surface area contributed by atoms with E-state index in [1.54, 1.807) is 56.3 Å². The summed E-state index contributed by atoms with van der Waals surface area (Å²) in [4.78, 5) is 51.8. The second kappa shape index (κ2) is 8.49. The highest BCUT2D eigenvalue weighted by molar-refractivity contribution is 6.22. The molecule has 0 fully saturated rings. The van der Waals surface area contributed by atoms with Crippen LogP contribution in [0.15, 0.2) is 48.5 Å². The highest BCUT2D eigenvalue weighted by atomic mass is 16.5. The second-order valence-electron chi connectivity index (χ2n) is 7.65. The summed E-state index contributed by atoms with van der Waals surface area (Å²) in [6.45, 7) is 6.77. The van der Waals surface area contributed by atoms with Crippen LogP contribution in [-0.4, -0.2) is 40.7 Å². The number of ether oxygens (including phenoxy) is 1. The molecule has 7 nitrogen and oxygen atoms in total. The average molecular weight is 408 g/mol. The minimum atomic E-state index is -1.13. The van der Waals surface area contributed by atoms with E-state index < -0.39 is 41.8 Å². The number of benzene rings is 2. The number of amides is 3. The molecule has 0 radical (unpaired) electrons. The molecule has 0 saturated carbocycles. The van der Waals surface area contributed by atoms with Crippen molar-refractivity contribution in [3.8, 4) is 0 Å². The Labute approximate surface area is 175 Å². The van der Waals surface area contributed by atoms with Crippen LogP contribution in [0.4, 0.5) is 5.69 Å². The molecule has 1 aliphatic rings. The Bertz CT molecular complexity index is 979. The standard InChI is InChI=1S/C23H24N2O5/c1-13(2)19(25-21(27)17-10-5-6-11-18(17)22(25)28)23(29)30-15(4)20(26)24-16-9-7-8-14(3)12-16/h5-13,15,19H,1-4H3,(H,24,26)/t15-,19-/m0/s1. The number of esters is 1. The molecule has 2 atom stereocenters. The third kappa shape index (κ3) is 4.10. The van der Waals surface area contributed by atoms with E-state index in [9.17, 15) is 19.2 Å². The van der Waals surface area contributed by atoms with Crippen LogP contribution in [-0.2, 0) is 14.3 Å². The molecular formula is C23H24N2O5. The molecule has 3 amide bonds. The molecular weight excluding hydrogens is 384 g/mol. The van der Waals surface area contributed by atoms with Gasteiger partial charge in [0.25, 0.3) is 17.7 Å². The van der Waals surface area contributed by atoms with Crippen molar-refractivity contribution in [1.82, 2.24) is 4.90 Å². The van der Waals surface area contributed by atoms with Gasteiger partial charge in [-0.1, -0.05) is 38.1 Å². The molecule has 3 rings (SSSR count). The highest BCUT2D eigenvalue weighted by Gasteiger charge is 2.45. The molecule has 1 aliphatic heterocycles. The molecule has 30 heavy (non-hydrogen) atoms. The van der Waals surface area contributed by atoms with Crippen molar-refractivity contribution in [2.24, 2.45) is 5.92 Å². The Hall–Kier alpha value is -3.48. The predicted molar refractivity (Wildman–Crippen MR) is 111 cm³/mol. The Morgan fingerprint density at radius 3 is 2.07 bits per heavy atom. The zero-order chi connectivity index (χ0) is 22.0. The van der Waals surface area contributed by atoms with Gasteiger partial charge in [-0.05, 0) is 49.6 Å². The smallest absolute Gasteiger partial charge is 0.330 e. The van der Waals surface area contributed by atoms with E-state index in [0.717, 1.165) is 10.5 Å². The molecule has 0 unspecified atom stereocenters. The Morgan fingerprint density at radius 2 is 1.53 bits per heavy atom. The lowest BCUT2D eigenvalue weighted by atomic mass is 10.0. The molecule has 7 heteroatoms. The summed E-state index contributed by atoms with van der Waals surface area (Å²) in [6, 6.07) is 12.5. The number of aryl methyl sites for hydroxylation is 1. The highest BCUT2D eigenvalue weighted by Crippen LogP contribution is 2.28. The quantitative estimate of drug-likeness (QED) is 0.585. The number of imide groups is 1. The zero-order valence-electron chi connectivity index (χ0n) is 17.3. The normalized spacial score (nSPS) is 15.0. The summed E-state index contributed by atoms with van der Waals surface area (Å²) in [5, 5.41) is 2.69. The van der Waals surface area contributed by atoms with Crippen molar-refractivity contribution >= 4 is 29.4 Å². The van der Waals surface area contributed by atoms with Crippen LogP contribution in [0.5, 0.6) is 0 Å². The van der Waals surface area contributed by atoms with E-state index in [4.69, 9.17) is 4.74 Å². The summed E-state index contributed by atoms with van der Waals surface area (Å²) in [5.74, 6) is -2.77. The maximum Gasteiger partial charge on any atom is 0.330 e. The molecule has 0 spiro atoms. The second-order valence-corrected chi connectivity index (χ2v) is 7.65. The average Bonchev–Trinajstić information content (AvgIpc) is 2.93. The first-order valence-corrected chi connectivity index (χ1v) is 9.75. The number of hydrogen-bond acceptors (Lipinski definition) is 5. The maximum absolute atomic E-state index is 12.9. The largest absolute Gasteiger partial charge is 0.451 e. The molecule has 0 bridgehead atoms. The minimum absolute atomic E-state index is 0.256. The van der Waals surface area contributed by atoms with E-state index in [0.29, 0.717) is 5.69 Å². The van der Waals surface area contributed by atoms with Crippen LogP contribution in [0, 0.1) is 12.8 Å². The minimum Gasteiger partial charge on any atom is -0.451 e. The van der Waals surface area contributed by atoms with E-state index >= 15 is 0 Å². The number of nitrogens with one attached hydrogen (secondary N) is 1. The van der Waals surface area contributed by atoms with Crippen molar-refractivity contribution in [3.63, 3.8) is 0 Å². The molecule has 0 aromatic heterocycles. The van der Waals surface area contributed by atoms with Gasteiger partial charge in [-0.3, -0.25) is 19.3 Å². The van der Waals surface area contributed by atoms with Gasteiger partial charge in [-0.2, -0.15) is 0 Å². The van der Waals surface area contributed by atoms with E-state index in [-0.39, 0.29) is 11.1 Å². The van der Waals surface area contributed by atoms with Crippen molar-refractivity contribution in [3.05, 3.63) is 65.2 Å². The summed E-state index contributed by atoms with van der Waals surface area (Å²) < 4.78 is 5.35. The summed E-state index contributed by atoms with van der Waals surface area (Å²) in [6.07, 6.45) is -1.10. The first kappa shape index (κ1) is 21.2.